The van der Waals surface area contributed by atoms with Gasteiger partial charge in [0, 0.05) is 21.5 Å². The van der Waals surface area contributed by atoms with Gasteiger partial charge in [0.15, 0.2) is 9.84 Å². The topological polar surface area (TPSA) is 80.3 Å². The predicted octanol–water partition coefficient (Wildman–Crippen LogP) is 3.98. The van der Waals surface area contributed by atoms with E-state index in [9.17, 15) is 38.8 Å². The lowest BCUT2D eigenvalue weighted by Crippen LogP contribution is -2.58. The molecule has 13 heteroatoms. The van der Waals surface area contributed by atoms with Gasteiger partial charge in [0.25, 0.3) is 0 Å². The van der Waals surface area contributed by atoms with Gasteiger partial charge in [0.1, 0.15) is 16.4 Å². The van der Waals surface area contributed by atoms with Crippen LogP contribution in [0.25, 0.3) is 0 Å². The van der Waals surface area contributed by atoms with E-state index in [0.29, 0.717) is 17.2 Å². The van der Waals surface area contributed by atoms with Crippen LogP contribution in [0.2, 0.25) is 0 Å². The molecule has 0 aliphatic heterocycles. The molecule has 1 fully saturated rings. The van der Waals surface area contributed by atoms with Crippen molar-refractivity contribution in [3.05, 3.63) is 57.5 Å². The van der Waals surface area contributed by atoms with E-state index in [1.54, 1.807) is 0 Å². The minimum atomic E-state index is -5.74. The molecule has 0 aromatic heterocycles. The molecular formula is C17H15ClF5NO4S2. The fourth-order valence-electron chi connectivity index (χ4n) is 3.60. The normalized spacial score (nSPS) is 25.3. The summed E-state index contributed by atoms with van der Waals surface area (Å²) in [6, 6.07) is 0.705. The minimum absolute atomic E-state index is 0.0324. The van der Waals surface area contributed by atoms with Crippen molar-refractivity contribution in [2.45, 2.75) is 42.0 Å². The lowest BCUT2D eigenvalue weighted by Gasteiger charge is -2.47. The molecule has 0 atom stereocenters. The fourth-order valence-corrected chi connectivity index (χ4v) is 6.91. The average Bonchev–Trinajstić information content (AvgIpc) is 2.59. The fraction of sp³-hybridized carbons (Fsp3) is 0.412. The molecule has 30 heavy (non-hydrogen) atoms. The van der Waals surface area contributed by atoms with Crippen molar-refractivity contribution < 1.29 is 38.8 Å². The first kappa shape index (κ1) is 23.2. The van der Waals surface area contributed by atoms with Crippen molar-refractivity contribution in [3.8, 4) is 0 Å². The standard InChI is InChI=1S/C17H15ClF5NO4S2/c18-10-1-4-13(5-2-10)29(25,26)16(14-7-11(19)3-6-15(14)20)8-12(9-16)24-30(27,28)17(21,22)23/h1,3-4,6-7,12,24H,2,5,8-9H2. The molecule has 0 unspecified atom stereocenters. The summed E-state index contributed by atoms with van der Waals surface area (Å²) in [4.78, 5) is -0.146. The first-order valence-electron chi connectivity index (χ1n) is 8.54. The van der Waals surface area contributed by atoms with Crippen LogP contribution in [0.4, 0.5) is 22.0 Å². The Balaban J connectivity index is 2.05. The number of nitrogens with one attached hydrogen (secondary N) is 1. The smallest absolute Gasteiger partial charge is 0.223 e. The molecule has 0 spiro atoms. The van der Waals surface area contributed by atoms with E-state index >= 15 is 0 Å². The minimum Gasteiger partial charge on any atom is -0.223 e. The van der Waals surface area contributed by atoms with Crippen LogP contribution in [-0.4, -0.2) is 28.4 Å². The second-order valence-electron chi connectivity index (χ2n) is 7.04. The summed E-state index contributed by atoms with van der Waals surface area (Å²) >= 11 is 5.82. The highest BCUT2D eigenvalue weighted by Crippen LogP contribution is 2.53. The Bertz CT molecular complexity index is 1140. The molecule has 5 nitrogen and oxygen atoms in total. The van der Waals surface area contributed by atoms with Crippen molar-refractivity contribution in [2.75, 3.05) is 0 Å². The summed E-state index contributed by atoms with van der Waals surface area (Å²) in [5, 5.41) is 0.379. The summed E-state index contributed by atoms with van der Waals surface area (Å²) in [5.41, 5.74) is -6.16. The highest BCUT2D eigenvalue weighted by atomic mass is 35.5. The van der Waals surface area contributed by atoms with Gasteiger partial charge in [0.2, 0.25) is 0 Å². The second-order valence-corrected chi connectivity index (χ2v) is 11.5. The molecule has 0 amide bonds. The average molecular weight is 492 g/mol. The van der Waals surface area contributed by atoms with Crippen LogP contribution in [-0.2, 0) is 24.6 Å². The summed E-state index contributed by atoms with van der Waals surface area (Å²) < 4.78 is 115. The van der Waals surface area contributed by atoms with Crippen molar-refractivity contribution in [1.82, 2.24) is 4.72 Å². The van der Waals surface area contributed by atoms with Crippen LogP contribution >= 0.6 is 11.6 Å². The first-order valence-corrected chi connectivity index (χ1v) is 11.9. The van der Waals surface area contributed by atoms with Gasteiger partial charge in [-0.1, -0.05) is 11.6 Å². The number of sulfonamides is 1. The van der Waals surface area contributed by atoms with E-state index in [1.165, 1.54) is 16.9 Å². The Morgan fingerprint density at radius 2 is 1.67 bits per heavy atom. The molecule has 0 bridgehead atoms. The largest absolute Gasteiger partial charge is 0.511 e. The number of alkyl halides is 3. The van der Waals surface area contributed by atoms with Crippen LogP contribution < -0.4 is 4.72 Å². The summed E-state index contributed by atoms with van der Waals surface area (Å²) in [6.07, 6.45) is 1.29. The van der Waals surface area contributed by atoms with Gasteiger partial charge >= 0.3 is 15.5 Å². The van der Waals surface area contributed by atoms with Crippen LogP contribution in [0.15, 0.2) is 40.3 Å². The Morgan fingerprint density at radius 3 is 2.20 bits per heavy atom. The van der Waals surface area contributed by atoms with Gasteiger partial charge in [-0.05, 0) is 56.0 Å². The second kappa shape index (κ2) is 7.57. The van der Waals surface area contributed by atoms with Gasteiger partial charge in [-0.3, -0.25) is 0 Å². The van der Waals surface area contributed by atoms with Gasteiger partial charge in [-0.25, -0.2) is 30.3 Å². The Kier molecular flexibility index (Phi) is 5.85. The van der Waals surface area contributed by atoms with Gasteiger partial charge < -0.3 is 0 Å². The molecule has 0 radical (unpaired) electrons. The van der Waals surface area contributed by atoms with E-state index in [4.69, 9.17) is 11.6 Å². The number of hydrogen-bond donors (Lipinski definition) is 1. The lowest BCUT2D eigenvalue weighted by molar-refractivity contribution is -0.0455. The van der Waals surface area contributed by atoms with Gasteiger partial charge in [-0.15, -0.1) is 0 Å². The van der Waals surface area contributed by atoms with Crippen LogP contribution in [0.3, 0.4) is 0 Å². The molecule has 1 N–H and O–H groups in total. The van der Waals surface area contributed by atoms with Gasteiger partial charge in [0.05, 0.1) is 0 Å². The molecule has 0 saturated heterocycles. The lowest BCUT2D eigenvalue weighted by atomic mass is 9.75. The molecule has 1 aromatic carbocycles. The Hall–Kier alpha value is -1.50. The maximum absolute atomic E-state index is 14.5. The highest BCUT2D eigenvalue weighted by molar-refractivity contribution is 7.96. The third kappa shape index (κ3) is 3.90. The van der Waals surface area contributed by atoms with Crippen molar-refractivity contribution >= 4 is 31.5 Å². The molecular weight excluding hydrogens is 477 g/mol. The Labute approximate surface area is 174 Å². The molecule has 3 rings (SSSR count). The van der Waals surface area contributed by atoms with E-state index in [1.807, 2.05) is 0 Å². The summed E-state index contributed by atoms with van der Waals surface area (Å²) in [6.45, 7) is 0. The van der Waals surface area contributed by atoms with Crippen molar-refractivity contribution in [3.63, 3.8) is 0 Å². The van der Waals surface area contributed by atoms with E-state index in [2.05, 4.69) is 0 Å². The van der Waals surface area contributed by atoms with Crippen LogP contribution in [0.1, 0.15) is 31.2 Å². The molecule has 1 saturated carbocycles. The molecule has 0 heterocycles. The van der Waals surface area contributed by atoms with E-state index < -0.39 is 66.2 Å². The third-order valence-corrected chi connectivity index (χ3v) is 9.30. The number of rotatable bonds is 5. The molecule has 1 aromatic rings. The van der Waals surface area contributed by atoms with Gasteiger partial charge in [-0.2, -0.15) is 13.2 Å². The zero-order valence-corrected chi connectivity index (χ0v) is 17.4. The zero-order chi connectivity index (χ0) is 22.5. The van der Waals surface area contributed by atoms with Crippen molar-refractivity contribution in [1.29, 1.82) is 0 Å². The predicted molar refractivity (Wildman–Crippen MR) is 99.3 cm³/mol. The highest BCUT2D eigenvalue weighted by Gasteiger charge is 2.60. The van der Waals surface area contributed by atoms with E-state index in [-0.39, 0.29) is 17.7 Å². The number of halogens is 6. The monoisotopic (exact) mass is 491 g/mol. The number of hydrogen-bond acceptors (Lipinski definition) is 4. The first-order chi connectivity index (χ1) is 13.7. The van der Waals surface area contributed by atoms with Crippen molar-refractivity contribution in [2.24, 2.45) is 0 Å². The maximum Gasteiger partial charge on any atom is 0.511 e. The number of sulfone groups is 1. The Morgan fingerprint density at radius 1 is 1.03 bits per heavy atom. The van der Waals surface area contributed by atoms with E-state index in [0.717, 1.165) is 6.07 Å². The molecule has 166 valence electrons. The SMILES string of the molecule is O=S(=O)(NC1CC(c2cc(F)ccc2F)(S(=O)(=O)C2=CC=C(Cl)CC2)C1)C(F)(F)F. The maximum atomic E-state index is 14.5. The summed E-state index contributed by atoms with van der Waals surface area (Å²) in [7, 11) is -10.1. The quantitative estimate of drug-likeness (QED) is 0.632. The number of benzene rings is 1. The zero-order valence-electron chi connectivity index (χ0n) is 15.0. The number of allylic oxidation sites excluding steroid dienone is 4. The molecule has 2 aliphatic carbocycles. The molecule has 2 aliphatic rings. The van der Waals surface area contributed by atoms with Crippen LogP contribution in [0, 0.1) is 11.6 Å². The third-order valence-electron chi connectivity index (χ3n) is 5.12. The summed E-state index contributed by atoms with van der Waals surface area (Å²) in [5.74, 6) is -2.01. The van der Waals surface area contributed by atoms with Crippen LogP contribution in [0.5, 0.6) is 0 Å².